The van der Waals surface area contributed by atoms with Gasteiger partial charge in [-0.2, -0.15) is 5.10 Å². The first-order chi connectivity index (χ1) is 6.95. The molecule has 1 amide bonds. The van der Waals surface area contributed by atoms with E-state index in [0.29, 0.717) is 5.56 Å². The first kappa shape index (κ1) is 11.7. The molecule has 0 unspecified atom stereocenters. The van der Waals surface area contributed by atoms with Gasteiger partial charge >= 0.3 is 0 Å². The number of aliphatic hydroxyl groups excluding tert-OH is 1. The van der Waals surface area contributed by atoms with Gasteiger partial charge in [0.05, 0.1) is 23.9 Å². The number of carbonyl (C=O) groups is 1. The molecule has 1 aromatic heterocycles. The molecule has 0 saturated heterocycles. The third-order valence-corrected chi connectivity index (χ3v) is 1.93. The molecule has 0 spiro atoms. The van der Waals surface area contributed by atoms with E-state index >= 15 is 0 Å². The number of carbonyl (C=O) groups excluding carboxylic acids is 1. The van der Waals surface area contributed by atoms with Crippen molar-refractivity contribution in [3.05, 3.63) is 18.0 Å². The number of nitrogens with one attached hydrogen (secondary N) is 1. The average Bonchev–Trinajstić information content (AvgIpc) is 2.62. The van der Waals surface area contributed by atoms with Crippen LogP contribution in [0, 0.1) is 0 Å². The molecule has 0 aliphatic rings. The van der Waals surface area contributed by atoms with E-state index in [-0.39, 0.29) is 24.6 Å². The zero-order valence-corrected chi connectivity index (χ0v) is 9.32. The minimum Gasteiger partial charge on any atom is -0.395 e. The maximum Gasteiger partial charge on any atom is 0.254 e. The molecule has 0 atom stereocenters. The Labute approximate surface area is 89.1 Å². The lowest BCUT2D eigenvalue weighted by Gasteiger charge is -2.18. The molecule has 1 heterocycles. The minimum atomic E-state index is -0.209. The second-order valence-electron chi connectivity index (χ2n) is 4.32. The van der Waals surface area contributed by atoms with E-state index in [2.05, 4.69) is 10.4 Å². The van der Waals surface area contributed by atoms with Crippen molar-refractivity contribution < 1.29 is 9.90 Å². The Bertz CT molecular complexity index is 339. The van der Waals surface area contributed by atoms with Crippen LogP contribution >= 0.6 is 0 Å². The molecule has 0 bridgehead atoms. The van der Waals surface area contributed by atoms with Crippen LogP contribution in [0.3, 0.4) is 0 Å². The van der Waals surface area contributed by atoms with Gasteiger partial charge in [0.25, 0.3) is 5.91 Å². The lowest BCUT2D eigenvalue weighted by atomic mass is 10.1. The SMILES string of the molecule is CC(C)(C)n1cc(C(=O)NCCO)cn1. The summed E-state index contributed by atoms with van der Waals surface area (Å²) in [6.45, 7) is 6.24. The molecule has 2 N–H and O–H groups in total. The van der Waals surface area contributed by atoms with Crippen molar-refractivity contribution in [2.24, 2.45) is 0 Å². The molecule has 84 valence electrons. The summed E-state index contributed by atoms with van der Waals surface area (Å²) in [5, 5.41) is 15.2. The number of hydrogen-bond donors (Lipinski definition) is 2. The Balaban J connectivity index is 2.72. The molecule has 1 aromatic rings. The van der Waals surface area contributed by atoms with Gasteiger partial charge in [-0.15, -0.1) is 0 Å². The van der Waals surface area contributed by atoms with E-state index in [0.717, 1.165) is 0 Å². The first-order valence-corrected chi connectivity index (χ1v) is 4.89. The van der Waals surface area contributed by atoms with Gasteiger partial charge < -0.3 is 10.4 Å². The fourth-order valence-corrected chi connectivity index (χ4v) is 1.08. The van der Waals surface area contributed by atoms with Crippen molar-refractivity contribution >= 4 is 5.91 Å². The van der Waals surface area contributed by atoms with E-state index in [1.54, 1.807) is 10.9 Å². The molecule has 0 fully saturated rings. The van der Waals surface area contributed by atoms with Gasteiger partial charge in [0, 0.05) is 12.7 Å². The Hall–Kier alpha value is -1.36. The van der Waals surface area contributed by atoms with Crippen molar-refractivity contribution in [3.8, 4) is 0 Å². The van der Waals surface area contributed by atoms with Crippen molar-refractivity contribution in [2.45, 2.75) is 26.3 Å². The minimum absolute atomic E-state index is 0.0564. The molecule has 0 aromatic carbocycles. The highest BCUT2D eigenvalue weighted by atomic mass is 16.3. The molecule has 15 heavy (non-hydrogen) atoms. The average molecular weight is 211 g/mol. The fourth-order valence-electron chi connectivity index (χ4n) is 1.08. The van der Waals surface area contributed by atoms with Gasteiger partial charge in [-0.05, 0) is 20.8 Å². The third kappa shape index (κ3) is 3.06. The Morgan fingerprint density at radius 1 is 1.60 bits per heavy atom. The normalized spacial score (nSPS) is 11.5. The fraction of sp³-hybridized carbons (Fsp3) is 0.600. The quantitative estimate of drug-likeness (QED) is 0.758. The highest BCUT2D eigenvalue weighted by molar-refractivity contribution is 5.93. The summed E-state index contributed by atoms with van der Waals surface area (Å²) in [4.78, 5) is 11.5. The van der Waals surface area contributed by atoms with Crippen molar-refractivity contribution in [2.75, 3.05) is 13.2 Å². The summed E-state index contributed by atoms with van der Waals surface area (Å²) in [6, 6.07) is 0. The largest absolute Gasteiger partial charge is 0.395 e. The zero-order valence-electron chi connectivity index (χ0n) is 9.32. The van der Waals surface area contributed by atoms with Crippen molar-refractivity contribution in [3.63, 3.8) is 0 Å². The van der Waals surface area contributed by atoms with Crippen LogP contribution in [0.1, 0.15) is 31.1 Å². The van der Waals surface area contributed by atoms with Crippen LogP contribution in [0.2, 0.25) is 0 Å². The summed E-state index contributed by atoms with van der Waals surface area (Å²) in [6.07, 6.45) is 3.23. The highest BCUT2D eigenvalue weighted by Crippen LogP contribution is 2.12. The van der Waals surface area contributed by atoms with Gasteiger partial charge in [-0.25, -0.2) is 0 Å². The third-order valence-electron chi connectivity index (χ3n) is 1.93. The van der Waals surface area contributed by atoms with Crippen LogP contribution in [-0.4, -0.2) is 33.9 Å². The molecule has 1 rings (SSSR count). The van der Waals surface area contributed by atoms with Gasteiger partial charge in [-0.3, -0.25) is 9.48 Å². The Morgan fingerprint density at radius 2 is 2.27 bits per heavy atom. The monoisotopic (exact) mass is 211 g/mol. The maximum absolute atomic E-state index is 11.5. The molecule has 5 heteroatoms. The number of hydrogen-bond acceptors (Lipinski definition) is 3. The standard InChI is InChI=1S/C10H17N3O2/c1-10(2,3)13-7-8(6-12-13)9(15)11-4-5-14/h6-7,14H,4-5H2,1-3H3,(H,11,15). The Kier molecular flexibility index (Phi) is 3.47. The maximum atomic E-state index is 11.5. The van der Waals surface area contributed by atoms with E-state index in [1.165, 1.54) is 6.20 Å². The second-order valence-corrected chi connectivity index (χ2v) is 4.32. The molecular formula is C10H17N3O2. The van der Waals surface area contributed by atoms with E-state index in [4.69, 9.17) is 5.11 Å². The first-order valence-electron chi connectivity index (χ1n) is 4.89. The summed E-state index contributed by atoms with van der Waals surface area (Å²) in [5.74, 6) is -0.209. The zero-order chi connectivity index (χ0) is 11.5. The molecular weight excluding hydrogens is 194 g/mol. The van der Waals surface area contributed by atoms with E-state index < -0.39 is 0 Å². The van der Waals surface area contributed by atoms with Crippen LogP contribution in [-0.2, 0) is 5.54 Å². The van der Waals surface area contributed by atoms with Gasteiger partial charge in [-0.1, -0.05) is 0 Å². The highest BCUT2D eigenvalue weighted by Gasteiger charge is 2.16. The lowest BCUT2D eigenvalue weighted by molar-refractivity contribution is 0.0944. The molecule has 0 saturated carbocycles. The van der Waals surface area contributed by atoms with Gasteiger partial charge in [0.15, 0.2) is 0 Å². The van der Waals surface area contributed by atoms with E-state index in [9.17, 15) is 4.79 Å². The number of amides is 1. The summed E-state index contributed by atoms with van der Waals surface area (Å²) < 4.78 is 1.74. The van der Waals surface area contributed by atoms with Crippen molar-refractivity contribution in [1.29, 1.82) is 0 Å². The van der Waals surface area contributed by atoms with E-state index in [1.807, 2.05) is 20.8 Å². The number of rotatable bonds is 3. The molecule has 0 aliphatic carbocycles. The van der Waals surface area contributed by atoms with Crippen LogP contribution < -0.4 is 5.32 Å². The topological polar surface area (TPSA) is 67.2 Å². The smallest absolute Gasteiger partial charge is 0.254 e. The van der Waals surface area contributed by atoms with Crippen LogP contribution in [0.15, 0.2) is 12.4 Å². The summed E-state index contributed by atoms with van der Waals surface area (Å²) in [7, 11) is 0. The predicted molar refractivity (Wildman–Crippen MR) is 56.6 cm³/mol. The number of aromatic nitrogens is 2. The summed E-state index contributed by atoms with van der Waals surface area (Å²) in [5.41, 5.74) is 0.383. The van der Waals surface area contributed by atoms with Gasteiger partial charge in [0.2, 0.25) is 0 Å². The van der Waals surface area contributed by atoms with Crippen molar-refractivity contribution in [1.82, 2.24) is 15.1 Å². The van der Waals surface area contributed by atoms with Gasteiger partial charge in [0.1, 0.15) is 0 Å². The molecule has 0 aliphatic heterocycles. The van der Waals surface area contributed by atoms with Crippen LogP contribution in [0.4, 0.5) is 0 Å². The number of nitrogens with zero attached hydrogens (tertiary/aromatic N) is 2. The predicted octanol–water partition coefficient (Wildman–Crippen LogP) is 0.360. The molecule has 5 nitrogen and oxygen atoms in total. The van der Waals surface area contributed by atoms with Crippen LogP contribution in [0.5, 0.6) is 0 Å². The summed E-state index contributed by atoms with van der Waals surface area (Å²) >= 11 is 0. The molecule has 0 radical (unpaired) electrons. The Morgan fingerprint density at radius 3 is 2.73 bits per heavy atom. The lowest BCUT2D eigenvalue weighted by Crippen LogP contribution is -2.26. The van der Waals surface area contributed by atoms with Crippen LogP contribution in [0.25, 0.3) is 0 Å². The second kappa shape index (κ2) is 4.44. The number of aliphatic hydroxyl groups is 1.